The van der Waals surface area contributed by atoms with Crippen molar-refractivity contribution in [1.82, 2.24) is 16.0 Å². The largest absolute Gasteiger partial charge is 0.383 e. The molecule has 0 bridgehead atoms. The normalized spacial score (nSPS) is 11.6. The van der Waals surface area contributed by atoms with Crippen LogP contribution in [-0.2, 0) is 16.1 Å². The minimum Gasteiger partial charge on any atom is -0.383 e. The average molecular weight is 328 g/mol. The SMILES string of the molecule is CCC(COC)NC(=O)CNC(=O)NCc1ccc(Cl)cc1. The van der Waals surface area contributed by atoms with Crippen molar-refractivity contribution in [3.63, 3.8) is 0 Å². The monoisotopic (exact) mass is 327 g/mol. The molecule has 0 fully saturated rings. The lowest BCUT2D eigenvalue weighted by atomic mass is 10.2. The van der Waals surface area contributed by atoms with E-state index in [-0.39, 0.29) is 18.5 Å². The van der Waals surface area contributed by atoms with Gasteiger partial charge in [-0.25, -0.2) is 4.79 Å². The Bertz CT molecular complexity index is 479. The summed E-state index contributed by atoms with van der Waals surface area (Å²) in [5.41, 5.74) is 0.926. The third kappa shape index (κ3) is 7.28. The van der Waals surface area contributed by atoms with Crippen LogP contribution in [0.25, 0.3) is 0 Å². The van der Waals surface area contributed by atoms with Crippen LogP contribution in [0.2, 0.25) is 5.02 Å². The third-order valence-corrected chi connectivity index (χ3v) is 3.25. The lowest BCUT2D eigenvalue weighted by Gasteiger charge is -2.16. The van der Waals surface area contributed by atoms with Gasteiger partial charge >= 0.3 is 6.03 Å². The van der Waals surface area contributed by atoms with Crippen molar-refractivity contribution in [3.8, 4) is 0 Å². The van der Waals surface area contributed by atoms with Crippen LogP contribution in [0, 0.1) is 0 Å². The van der Waals surface area contributed by atoms with E-state index in [1.165, 1.54) is 0 Å². The standard InChI is InChI=1S/C15H22ClN3O3/c1-3-13(10-22-2)19-14(20)9-18-15(21)17-8-11-4-6-12(16)7-5-11/h4-7,13H,3,8-10H2,1-2H3,(H,19,20)(H2,17,18,21). The molecule has 0 aliphatic heterocycles. The molecule has 6 nitrogen and oxygen atoms in total. The Morgan fingerprint density at radius 1 is 1.23 bits per heavy atom. The maximum atomic E-state index is 11.7. The Hall–Kier alpha value is -1.79. The molecule has 0 radical (unpaired) electrons. The van der Waals surface area contributed by atoms with Crippen molar-refractivity contribution in [2.45, 2.75) is 25.9 Å². The third-order valence-electron chi connectivity index (χ3n) is 3.00. The molecule has 1 rings (SSSR count). The Morgan fingerprint density at radius 3 is 2.50 bits per heavy atom. The van der Waals surface area contributed by atoms with Gasteiger partial charge in [0, 0.05) is 18.7 Å². The quantitative estimate of drug-likeness (QED) is 0.679. The van der Waals surface area contributed by atoms with Gasteiger partial charge in [0.05, 0.1) is 19.2 Å². The minimum absolute atomic E-state index is 0.0450. The van der Waals surface area contributed by atoms with E-state index in [4.69, 9.17) is 16.3 Å². The summed E-state index contributed by atoms with van der Waals surface area (Å²) in [6.45, 7) is 2.69. The fourth-order valence-electron chi connectivity index (χ4n) is 1.75. The summed E-state index contributed by atoms with van der Waals surface area (Å²) in [6, 6.07) is 6.72. The van der Waals surface area contributed by atoms with E-state index in [1.807, 2.05) is 19.1 Å². The molecule has 3 amide bonds. The summed E-state index contributed by atoms with van der Waals surface area (Å²) in [6.07, 6.45) is 0.766. The van der Waals surface area contributed by atoms with Crippen molar-refractivity contribution >= 4 is 23.5 Å². The zero-order valence-electron chi connectivity index (χ0n) is 12.8. The molecular weight excluding hydrogens is 306 g/mol. The van der Waals surface area contributed by atoms with Crippen LogP contribution in [0.3, 0.4) is 0 Å². The summed E-state index contributed by atoms with van der Waals surface area (Å²) in [5, 5.41) is 8.60. The van der Waals surface area contributed by atoms with Crippen molar-refractivity contribution in [2.75, 3.05) is 20.3 Å². The summed E-state index contributed by atoms with van der Waals surface area (Å²) in [4.78, 5) is 23.3. The predicted molar refractivity (Wildman–Crippen MR) is 85.8 cm³/mol. The molecule has 0 heterocycles. The van der Waals surface area contributed by atoms with Crippen LogP contribution in [0.5, 0.6) is 0 Å². The fourth-order valence-corrected chi connectivity index (χ4v) is 1.88. The second kappa shape index (κ2) is 10.0. The first kappa shape index (κ1) is 18.3. The maximum absolute atomic E-state index is 11.7. The molecule has 7 heteroatoms. The number of benzene rings is 1. The van der Waals surface area contributed by atoms with Crippen LogP contribution in [-0.4, -0.2) is 38.2 Å². The van der Waals surface area contributed by atoms with E-state index in [0.29, 0.717) is 18.2 Å². The molecule has 122 valence electrons. The molecule has 0 spiro atoms. The highest BCUT2D eigenvalue weighted by Gasteiger charge is 2.10. The van der Waals surface area contributed by atoms with Gasteiger partial charge in [-0.05, 0) is 24.1 Å². The van der Waals surface area contributed by atoms with Crippen LogP contribution >= 0.6 is 11.6 Å². The number of nitrogens with one attached hydrogen (secondary N) is 3. The first-order valence-corrected chi connectivity index (χ1v) is 7.47. The Kier molecular flexibility index (Phi) is 8.32. The number of ether oxygens (including phenoxy) is 1. The number of amides is 3. The van der Waals surface area contributed by atoms with E-state index in [0.717, 1.165) is 12.0 Å². The molecular formula is C15H22ClN3O3. The molecule has 0 aliphatic rings. The highest BCUT2D eigenvalue weighted by molar-refractivity contribution is 6.30. The van der Waals surface area contributed by atoms with Crippen molar-refractivity contribution in [1.29, 1.82) is 0 Å². The lowest BCUT2D eigenvalue weighted by molar-refractivity contribution is -0.121. The molecule has 0 aromatic heterocycles. The van der Waals surface area contributed by atoms with Crippen LogP contribution in [0.15, 0.2) is 24.3 Å². The Balaban J connectivity index is 2.24. The Morgan fingerprint density at radius 2 is 1.91 bits per heavy atom. The predicted octanol–water partition coefficient (Wildman–Crippen LogP) is 1.68. The summed E-state index contributed by atoms with van der Waals surface area (Å²) in [7, 11) is 1.58. The van der Waals surface area contributed by atoms with Crippen LogP contribution in [0.4, 0.5) is 4.79 Å². The van der Waals surface area contributed by atoms with Gasteiger partial charge in [-0.3, -0.25) is 4.79 Å². The average Bonchev–Trinajstić information content (AvgIpc) is 2.52. The number of rotatable bonds is 8. The minimum atomic E-state index is -0.398. The van der Waals surface area contributed by atoms with Gasteiger partial charge in [-0.15, -0.1) is 0 Å². The van der Waals surface area contributed by atoms with Gasteiger partial charge in [-0.1, -0.05) is 30.7 Å². The number of hydrogen-bond donors (Lipinski definition) is 3. The summed E-state index contributed by atoms with van der Waals surface area (Å²) >= 11 is 5.78. The number of carbonyl (C=O) groups excluding carboxylic acids is 2. The van der Waals surface area contributed by atoms with E-state index < -0.39 is 6.03 Å². The number of methoxy groups -OCH3 is 1. The van der Waals surface area contributed by atoms with Crippen LogP contribution < -0.4 is 16.0 Å². The second-order valence-electron chi connectivity index (χ2n) is 4.79. The van der Waals surface area contributed by atoms with E-state index in [9.17, 15) is 9.59 Å². The zero-order valence-corrected chi connectivity index (χ0v) is 13.6. The highest BCUT2D eigenvalue weighted by Crippen LogP contribution is 2.08. The van der Waals surface area contributed by atoms with Crippen molar-refractivity contribution in [3.05, 3.63) is 34.9 Å². The first-order valence-electron chi connectivity index (χ1n) is 7.09. The van der Waals surface area contributed by atoms with Gasteiger partial charge < -0.3 is 20.7 Å². The van der Waals surface area contributed by atoms with Gasteiger partial charge in [-0.2, -0.15) is 0 Å². The molecule has 0 saturated heterocycles. The smallest absolute Gasteiger partial charge is 0.315 e. The van der Waals surface area contributed by atoms with Crippen LogP contribution in [0.1, 0.15) is 18.9 Å². The number of halogens is 1. The molecule has 0 saturated carbocycles. The summed E-state index contributed by atoms with van der Waals surface area (Å²) < 4.78 is 4.99. The van der Waals surface area contributed by atoms with E-state index in [2.05, 4.69) is 16.0 Å². The molecule has 1 aromatic rings. The molecule has 1 atom stereocenters. The highest BCUT2D eigenvalue weighted by atomic mass is 35.5. The number of urea groups is 1. The topological polar surface area (TPSA) is 79.5 Å². The van der Waals surface area contributed by atoms with E-state index in [1.54, 1.807) is 19.2 Å². The Labute approximate surface area is 135 Å². The molecule has 1 unspecified atom stereocenters. The number of hydrogen-bond acceptors (Lipinski definition) is 3. The lowest BCUT2D eigenvalue weighted by Crippen LogP contribution is -2.45. The first-order chi connectivity index (χ1) is 10.5. The molecule has 1 aromatic carbocycles. The fraction of sp³-hybridized carbons (Fsp3) is 0.467. The number of carbonyl (C=O) groups is 2. The molecule has 22 heavy (non-hydrogen) atoms. The van der Waals surface area contributed by atoms with Crippen molar-refractivity contribution in [2.24, 2.45) is 0 Å². The molecule has 0 aliphatic carbocycles. The van der Waals surface area contributed by atoms with Crippen molar-refractivity contribution < 1.29 is 14.3 Å². The van der Waals surface area contributed by atoms with Gasteiger partial charge in [0.2, 0.25) is 5.91 Å². The van der Waals surface area contributed by atoms with E-state index >= 15 is 0 Å². The summed E-state index contributed by atoms with van der Waals surface area (Å²) in [5.74, 6) is -0.245. The zero-order chi connectivity index (χ0) is 16.4. The van der Waals surface area contributed by atoms with Gasteiger partial charge in [0.25, 0.3) is 0 Å². The maximum Gasteiger partial charge on any atom is 0.315 e. The van der Waals surface area contributed by atoms with Gasteiger partial charge in [0.15, 0.2) is 0 Å². The molecule has 3 N–H and O–H groups in total. The van der Waals surface area contributed by atoms with Gasteiger partial charge in [0.1, 0.15) is 0 Å². The second-order valence-corrected chi connectivity index (χ2v) is 5.23.